The molecule has 1 aliphatic heterocycles. The van der Waals surface area contributed by atoms with Crippen LogP contribution in [0.1, 0.15) is 0 Å². The summed E-state index contributed by atoms with van der Waals surface area (Å²) in [5.74, 6) is 0.918. The van der Waals surface area contributed by atoms with E-state index in [-0.39, 0.29) is 24.8 Å². The second-order valence-electron chi connectivity index (χ2n) is 2.89. The van der Waals surface area contributed by atoms with Crippen molar-refractivity contribution in [3.63, 3.8) is 0 Å². The number of hydrogen-bond acceptors (Lipinski definition) is 0. The van der Waals surface area contributed by atoms with E-state index in [1.54, 1.807) is 24.7 Å². The molecule has 4 unspecified atom stereocenters. The Labute approximate surface area is 103 Å². The molecule has 12 heavy (non-hydrogen) atoms. The Bertz CT molecular complexity index is 193. The third kappa shape index (κ3) is 2.68. The number of hydrogen-bond donors (Lipinski definition) is 0. The van der Waals surface area contributed by atoms with Crippen molar-refractivity contribution < 1.29 is 49.5 Å². The Morgan fingerprint density at radius 1 is 1.17 bits per heavy atom. The second-order valence-corrected chi connectivity index (χ2v) is 6.19. The molecule has 1 heterocycles. The molecule has 0 amide bonds. The van der Waals surface area contributed by atoms with Crippen molar-refractivity contribution in [3.05, 3.63) is 24.3 Å². The van der Waals surface area contributed by atoms with Gasteiger partial charge in [0.05, 0.1) is 0 Å². The molecule has 0 N–H and O–H groups in total. The summed E-state index contributed by atoms with van der Waals surface area (Å²) in [7, 11) is 1.20. The third-order valence-corrected chi connectivity index (χ3v) is 6.39. The van der Waals surface area contributed by atoms with E-state index in [0.717, 1.165) is 15.2 Å². The minimum absolute atomic E-state index is 0. The molecule has 1 aliphatic carbocycles. The molecule has 0 bridgehead atoms. The maximum absolute atomic E-state index is 2.41. The Balaban J connectivity index is 0.000000605. The molecule has 2 aliphatic rings. The van der Waals surface area contributed by atoms with Crippen molar-refractivity contribution in [2.24, 2.45) is 5.92 Å². The van der Waals surface area contributed by atoms with Gasteiger partial charge in [-0.3, -0.25) is 0 Å². The van der Waals surface area contributed by atoms with Crippen molar-refractivity contribution in [2.75, 3.05) is 6.16 Å². The molecule has 0 aromatic carbocycles. The average Bonchev–Trinajstić information content (AvgIpc) is 2.34. The molecule has 0 saturated carbocycles. The summed E-state index contributed by atoms with van der Waals surface area (Å²) in [6.07, 6.45) is 10.7. The summed E-state index contributed by atoms with van der Waals surface area (Å²) in [5.41, 5.74) is 0.925. The van der Waals surface area contributed by atoms with Gasteiger partial charge in [-0.05, 0) is 0 Å². The summed E-state index contributed by atoms with van der Waals surface area (Å²) in [6, 6.07) is 0. The van der Waals surface area contributed by atoms with E-state index in [9.17, 15) is 0 Å². The second kappa shape index (κ2) is 5.97. The van der Waals surface area contributed by atoms with Crippen molar-refractivity contribution in [1.29, 1.82) is 0 Å². The van der Waals surface area contributed by atoms with Gasteiger partial charge in [0.1, 0.15) is 0 Å². The van der Waals surface area contributed by atoms with Crippen molar-refractivity contribution in [3.8, 4) is 0 Å². The van der Waals surface area contributed by atoms with Crippen LogP contribution in [0, 0.1) is 5.92 Å². The molecule has 0 spiro atoms. The number of allylic oxidation sites excluding steroid dienone is 4. The van der Waals surface area contributed by atoms with Crippen LogP contribution in [0.15, 0.2) is 24.3 Å². The molecule has 0 nitrogen and oxygen atoms in total. The summed E-state index contributed by atoms with van der Waals surface area (Å²) >= 11 is 1.74. The van der Waals surface area contributed by atoms with Gasteiger partial charge in [0, 0.05) is 0 Å². The normalized spacial score (nSPS) is 38.7. The Kier molecular flexibility index (Phi) is 6.65. The number of fused-ring (bicyclic) bond motifs is 1. The van der Waals surface area contributed by atoms with Crippen molar-refractivity contribution in [2.45, 2.75) is 9.28 Å². The van der Waals surface area contributed by atoms with Gasteiger partial charge in [-0.15, -0.1) is 0 Å². The van der Waals surface area contributed by atoms with Gasteiger partial charge in [0.2, 0.25) is 0 Å². The first-order valence-corrected chi connectivity index (χ1v) is 6.38. The fourth-order valence-corrected chi connectivity index (χ4v) is 5.40. The van der Waals surface area contributed by atoms with E-state index in [1.807, 2.05) is 0 Å². The Morgan fingerprint density at radius 2 is 1.83 bits per heavy atom. The molecular weight excluding hydrogens is 289 g/mol. The first-order valence-electron chi connectivity index (χ1n) is 3.67. The van der Waals surface area contributed by atoms with Gasteiger partial charge in [0.25, 0.3) is 0 Å². The summed E-state index contributed by atoms with van der Waals surface area (Å²) < 4.78 is 1.02. The molecule has 0 radical (unpaired) electrons. The monoisotopic (exact) mass is 297 g/mol. The minimum atomic E-state index is 0. The van der Waals surface area contributed by atoms with Crippen LogP contribution >= 0.6 is 8.58 Å². The van der Waals surface area contributed by atoms with Crippen LogP contribution in [-0.2, 0) is 24.7 Å². The van der Waals surface area contributed by atoms with Gasteiger partial charge in [-0.1, -0.05) is 0 Å². The van der Waals surface area contributed by atoms with Crippen molar-refractivity contribution >= 4 is 8.58 Å². The molecule has 4 atom stereocenters. The van der Waals surface area contributed by atoms with E-state index in [1.165, 1.54) is 14.7 Å². The van der Waals surface area contributed by atoms with Gasteiger partial charge in [-0.25, -0.2) is 0 Å². The standard InChI is InChI=1S/C8H10P.2ClH.Zr/c1-2-4-8-7(3-1)5-6-9-8;;;/h1-5,7-9H,6H2;2*1H;/q;;;+2/p-2. The van der Waals surface area contributed by atoms with E-state index in [4.69, 9.17) is 0 Å². The van der Waals surface area contributed by atoms with Crippen LogP contribution < -0.4 is 24.8 Å². The molecule has 0 aromatic rings. The zero-order valence-electron chi connectivity index (χ0n) is 6.50. The van der Waals surface area contributed by atoms with Crippen LogP contribution in [0.3, 0.4) is 0 Å². The van der Waals surface area contributed by atoms with E-state index >= 15 is 0 Å². The third-order valence-electron chi connectivity index (χ3n) is 2.22. The zero-order chi connectivity index (χ0) is 6.97. The molecular formula is C8H10Cl2PZr. The molecule has 4 heteroatoms. The SMILES string of the molecule is [Cl-].[Cl-].[Zr+2][CH]1CPC2C=CC=CC12. The predicted octanol–water partition coefficient (Wildman–Crippen LogP) is -3.87. The van der Waals surface area contributed by atoms with Crippen LogP contribution in [0.25, 0.3) is 0 Å². The Hall–Kier alpha value is 1.37. The topological polar surface area (TPSA) is 0 Å². The van der Waals surface area contributed by atoms with Crippen LogP contribution in [0.4, 0.5) is 0 Å². The van der Waals surface area contributed by atoms with Gasteiger partial charge in [-0.2, -0.15) is 0 Å². The molecule has 1 saturated heterocycles. The predicted molar refractivity (Wildman–Crippen MR) is 42.5 cm³/mol. The molecule has 0 aromatic heterocycles. The first-order chi connectivity index (χ1) is 4.88. The van der Waals surface area contributed by atoms with Crippen LogP contribution in [-0.4, -0.2) is 11.8 Å². The maximum atomic E-state index is 2.41. The number of halogens is 2. The molecule has 2 rings (SSSR count). The van der Waals surface area contributed by atoms with Crippen molar-refractivity contribution in [1.82, 2.24) is 0 Å². The summed E-state index contributed by atoms with van der Waals surface area (Å²) in [5, 5.41) is 0. The number of rotatable bonds is 0. The van der Waals surface area contributed by atoms with E-state index in [0.29, 0.717) is 0 Å². The quantitative estimate of drug-likeness (QED) is 0.402. The molecule has 65 valence electrons. The van der Waals surface area contributed by atoms with Crippen LogP contribution in [0.2, 0.25) is 3.63 Å². The van der Waals surface area contributed by atoms with E-state index < -0.39 is 0 Å². The summed E-state index contributed by atoms with van der Waals surface area (Å²) in [6.45, 7) is 0. The van der Waals surface area contributed by atoms with E-state index in [2.05, 4.69) is 24.3 Å². The fourth-order valence-electron chi connectivity index (χ4n) is 1.61. The van der Waals surface area contributed by atoms with Gasteiger partial charge < -0.3 is 24.8 Å². The Morgan fingerprint density at radius 3 is 2.50 bits per heavy atom. The van der Waals surface area contributed by atoms with Crippen LogP contribution in [0.5, 0.6) is 0 Å². The average molecular weight is 299 g/mol. The zero-order valence-corrected chi connectivity index (χ0v) is 11.5. The van der Waals surface area contributed by atoms with Gasteiger partial charge >= 0.3 is 79.0 Å². The molecule has 1 fully saturated rings. The first kappa shape index (κ1) is 13.4. The fraction of sp³-hybridized carbons (Fsp3) is 0.500. The van der Waals surface area contributed by atoms with Gasteiger partial charge in [0.15, 0.2) is 0 Å². The summed E-state index contributed by atoms with van der Waals surface area (Å²) in [4.78, 5) is 0.